The molecule has 0 aliphatic rings. The van der Waals surface area contributed by atoms with E-state index in [4.69, 9.17) is 0 Å². The quantitative estimate of drug-likeness (QED) is 0.850. The first kappa shape index (κ1) is 14.3. The Kier molecular flexibility index (Phi) is 4.15. The summed E-state index contributed by atoms with van der Waals surface area (Å²) in [6.45, 7) is -0.157. The van der Waals surface area contributed by atoms with E-state index in [2.05, 4.69) is 5.32 Å². The Morgan fingerprint density at radius 2 is 1.94 bits per heavy atom. The molecule has 0 aromatic heterocycles. The molecule has 0 spiro atoms. The van der Waals surface area contributed by atoms with Crippen molar-refractivity contribution in [3.8, 4) is 0 Å². The van der Waals surface area contributed by atoms with Crippen LogP contribution in [0.5, 0.6) is 0 Å². The van der Waals surface area contributed by atoms with Crippen LogP contribution in [-0.4, -0.2) is 31.4 Å². The summed E-state index contributed by atoms with van der Waals surface area (Å²) in [6, 6.07) is 2.50. The van der Waals surface area contributed by atoms with Crippen LogP contribution in [0.1, 0.15) is 5.56 Å². The van der Waals surface area contributed by atoms with Crippen molar-refractivity contribution in [3.05, 3.63) is 29.6 Å². The molecule has 0 radical (unpaired) electrons. The van der Waals surface area contributed by atoms with Gasteiger partial charge in [-0.2, -0.15) is 13.2 Å². The molecule has 7 heteroatoms. The van der Waals surface area contributed by atoms with E-state index in [0.717, 1.165) is 6.07 Å². The average Bonchev–Trinajstić information content (AvgIpc) is 2.25. The molecule has 18 heavy (non-hydrogen) atoms. The maximum Gasteiger partial charge on any atom is 0.419 e. The van der Waals surface area contributed by atoms with Gasteiger partial charge >= 0.3 is 6.18 Å². The summed E-state index contributed by atoms with van der Waals surface area (Å²) in [5.41, 5.74) is -1.32. The Morgan fingerprint density at radius 1 is 1.33 bits per heavy atom. The molecule has 1 amide bonds. The number of amides is 1. The highest BCUT2D eigenvalue weighted by Crippen LogP contribution is 2.32. The van der Waals surface area contributed by atoms with Crippen LogP contribution in [0.25, 0.3) is 0 Å². The zero-order valence-electron chi connectivity index (χ0n) is 9.81. The SMILES string of the molecule is CN(C)C(=O)CNc1ccc(F)c(C(F)(F)F)c1. The van der Waals surface area contributed by atoms with E-state index in [1.807, 2.05) is 0 Å². The highest BCUT2D eigenvalue weighted by atomic mass is 19.4. The first-order valence-electron chi connectivity index (χ1n) is 5.02. The van der Waals surface area contributed by atoms with Gasteiger partial charge < -0.3 is 10.2 Å². The predicted octanol–water partition coefficient (Wildman–Crippen LogP) is 2.34. The number of nitrogens with zero attached hydrogens (tertiary/aromatic N) is 1. The summed E-state index contributed by atoms with van der Waals surface area (Å²) in [5.74, 6) is -1.64. The van der Waals surface area contributed by atoms with Crippen LogP contribution in [-0.2, 0) is 11.0 Å². The summed E-state index contributed by atoms with van der Waals surface area (Å²) in [7, 11) is 3.05. The molecule has 1 aromatic rings. The molecule has 100 valence electrons. The fraction of sp³-hybridized carbons (Fsp3) is 0.364. The van der Waals surface area contributed by atoms with Gasteiger partial charge in [0, 0.05) is 19.8 Å². The molecule has 3 nitrogen and oxygen atoms in total. The Bertz CT molecular complexity index is 443. The van der Waals surface area contributed by atoms with Crippen molar-refractivity contribution in [1.82, 2.24) is 4.90 Å². The zero-order valence-corrected chi connectivity index (χ0v) is 9.81. The summed E-state index contributed by atoms with van der Waals surface area (Å²) in [4.78, 5) is 12.5. The Balaban J connectivity index is 2.83. The molecule has 0 unspecified atom stereocenters. The molecule has 0 saturated carbocycles. The second kappa shape index (κ2) is 5.24. The fourth-order valence-corrected chi connectivity index (χ4v) is 1.19. The van der Waals surface area contributed by atoms with E-state index < -0.39 is 17.6 Å². The first-order chi connectivity index (χ1) is 8.21. The standard InChI is InChI=1S/C11H12F4N2O/c1-17(2)10(18)6-16-7-3-4-9(12)8(5-7)11(13,14)15/h3-5,16H,6H2,1-2H3. The number of carbonyl (C=O) groups excluding carboxylic acids is 1. The number of hydrogen-bond acceptors (Lipinski definition) is 2. The van der Waals surface area contributed by atoms with Crippen molar-refractivity contribution < 1.29 is 22.4 Å². The third-order valence-electron chi connectivity index (χ3n) is 2.21. The Labute approximate surface area is 101 Å². The minimum atomic E-state index is -4.76. The highest BCUT2D eigenvalue weighted by molar-refractivity contribution is 5.80. The van der Waals surface area contributed by atoms with Crippen molar-refractivity contribution in [2.75, 3.05) is 26.0 Å². The molecule has 0 heterocycles. The maximum absolute atomic E-state index is 13.0. The molecule has 0 aliphatic carbocycles. The fourth-order valence-electron chi connectivity index (χ4n) is 1.19. The average molecular weight is 264 g/mol. The highest BCUT2D eigenvalue weighted by Gasteiger charge is 2.34. The number of alkyl halides is 3. The largest absolute Gasteiger partial charge is 0.419 e. The minimum absolute atomic E-state index is 0.0407. The number of hydrogen-bond donors (Lipinski definition) is 1. The summed E-state index contributed by atoms with van der Waals surface area (Å²) < 4.78 is 50.2. The Morgan fingerprint density at radius 3 is 2.44 bits per heavy atom. The van der Waals surface area contributed by atoms with Crippen LogP contribution in [0.15, 0.2) is 18.2 Å². The van der Waals surface area contributed by atoms with Crippen molar-refractivity contribution in [2.24, 2.45) is 0 Å². The van der Waals surface area contributed by atoms with Crippen molar-refractivity contribution in [3.63, 3.8) is 0 Å². The molecule has 0 aliphatic heterocycles. The third kappa shape index (κ3) is 3.61. The zero-order chi connectivity index (χ0) is 13.9. The monoisotopic (exact) mass is 264 g/mol. The van der Waals surface area contributed by atoms with Gasteiger partial charge in [-0.1, -0.05) is 0 Å². The lowest BCUT2D eigenvalue weighted by Gasteiger charge is -2.13. The van der Waals surface area contributed by atoms with Gasteiger partial charge in [0.2, 0.25) is 5.91 Å². The first-order valence-corrected chi connectivity index (χ1v) is 5.02. The number of halogens is 4. The van der Waals surface area contributed by atoms with E-state index in [0.29, 0.717) is 12.1 Å². The lowest BCUT2D eigenvalue weighted by atomic mass is 10.2. The van der Waals surface area contributed by atoms with E-state index in [-0.39, 0.29) is 18.1 Å². The van der Waals surface area contributed by atoms with Gasteiger partial charge in [0.25, 0.3) is 0 Å². The van der Waals surface area contributed by atoms with Gasteiger partial charge in [-0.3, -0.25) is 4.79 Å². The molecular formula is C11H12F4N2O. The minimum Gasteiger partial charge on any atom is -0.376 e. The molecule has 0 saturated heterocycles. The lowest BCUT2D eigenvalue weighted by molar-refractivity contribution is -0.139. The maximum atomic E-state index is 13.0. The molecule has 1 aromatic carbocycles. The summed E-state index contributed by atoms with van der Waals surface area (Å²) in [6.07, 6.45) is -4.76. The normalized spacial score (nSPS) is 11.2. The number of likely N-dealkylation sites (N-methyl/N-ethyl adjacent to an activating group) is 1. The molecule has 1 rings (SSSR count). The molecule has 0 fully saturated rings. The van der Waals surface area contributed by atoms with Crippen molar-refractivity contribution in [1.29, 1.82) is 0 Å². The second-order valence-electron chi connectivity index (χ2n) is 3.83. The summed E-state index contributed by atoms with van der Waals surface area (Å²) in [5, 5.41) is 2.51. The number of anilines is 1. The van der Waals surface area contributed by atoms with Crippen molar-refractivity contribution in [2.45, 2.75) is 6.18 Å². The van der Waals surface area contributed by atoms with Crippen molar-refractivity contribution >= 4 is 11.6 Å². The van der Waals surface area contributed by atoms with Gasteiger partial charge in [-0.15, -0.1) is 0 Å². The van der Waals surface area contributed by atoms with Gasteiger partial charge in [0.05, 0.1) is 12.1 Å². The van der Waals surface area contributed by atoms with E-state index in [1.165, 1.54) is 19.0 Å². The summed E-state index contributed by atoms with van der Waals surface area (Å²) >= 11 is 0. The van der Waals surface area contributed by atoms with Gasteiger partial charge in [0.1, 0.15) is 5.82 Å². The number of nitrogens with one attached hydrogen (secondary N) is 1. The van der Waals surface area contributed by atoms with Gasteiger partial charge in [-0.05, 0) is 18.2 Å². The van der Waals surface area contributed by atoms with Crippen LogP contribution in [0.3, 0.4) is 0 Å². The molecule has 0 atom stereocenters. The topological polar surface area (TPSA) is 32.3 Å². The van der Waals surface area contributed by atoms with Gasteiger partial charge in [-0.25, -0.2) is 4.39 Å². The van der Waals surface area contributed by atoms with E-state index in [1.54, 1.807) is 0 Å². The number of benzene rings is 1. The van der Waals surface area contributed by atoms with Crippen LogP contribution >= 0.6 is 0 Å². The van der Waals surface area contributed by atoms with Crippen LogP contribution in [0.2, 0.25) is 0 Å². The van der Waals surface area contributed by atoms with E-state index >= 15 is 0 Å². The predicted molar refractivity (Wildman–Crippen MR) is 58.6 cm³/mol. The van der Waals surface area contributed by atoms with Crippen LogP contribution in [0, 0.1) is 5.82 Å². The lowest BCUT2D eigenvalue weighted by Crippen LogP contribution is -2.28. The van der Waals surface area contributed by atoms with Crippen LogP contribution in [0.4, 0.5) is 23.2 Å². The molecule has 0 bridgehead atoms. The number of rotatable bonds is 3. The van der Waals surface area contributed by atoms with Crippen LogP contribution < -0.4 is 5.32 Å². The Hall–Kier alpha value is -1.79. The van der Waals surface area contributed by atoms with Gasteiger partial charge in [0.15, 0.2) is 0 Å². The van der Waals surface area contributed by atoms with E-state index in [9.17, 15) is 22.4 Å². The molecular weight excluding hydrogens is 252 g/mol. The molecule has 1 N–H and O–H groups in total. The third-order valence-corrected chi connectivity index (χ3v) is 2.21. The second-order valence-corrected chi connectivity index (χ2v) is 3.83. The smallest absolute Gasteiger partial charge is 0.376 e. The number of carbonyl (C=O) groups is 1.